The number of carbonyl (C=O) groups is 1. The number of nitrogens with zero attached hydrogens (tertiary/aromatic N) is 1. The predicted octanol–water partition coefficient (Wildman–Crippen LogP) is 1.61. The molecule has 0 unspecified atom stereocenters. The van der Waals surface area contributed by atoms with Gasteiger partial charge in [0, 0.05) is 39.1 Å². The second-order valence-corrected chi connectivity index (χ2v) is 4.74. The summed E-state index contributed by atoms with van der Waals surface area (Å²) < 4.78 is 5.36. The van der Waals surface area contributed by atoms with Gasteiger partial charge in [0.05, 0.1) is 6.10 Å². The molecule has 86 valence electrons. The molecule has 3 nitrogen and oxygen atoms in total. The van der Waals surface area contributed by atoms with Crippen molar-refractivity contribution < 1.29 is 9.53 Å². The zero-order valence-corrected chi connectivity index (χ0v) is 9.58. The van der Waals surface area contributed by atoms with Crippen molar-refractivity contribution in [2.45, 2.75) is 50.7 Å². The highest BCUT2D eigenvalue weighted by atomic mass is 16.5. The van der Waals surface area contributed by atoms with Crippen molar-refractivity contribution >= 4 is 5.78 Å². The fourth-order valence-electron chi connectivity index (χ4n) is 2.77. The number of methoxy groups -OCH3 is 1. The SMILES string of the molecule is COC1CCN(C2CCC(=O)CC2)CC1. The first-order valence-corrected chi connectivity index (χ1v) is 6.08. The van der Waals surface area contributed by atoms with Gasteiger partial charge in [0.2, 0.25) is 0 Å². The van der Waals surface area contributed by atoms with E-state index < -0.39 is 0 Å². The molecule has 0 amide bonds. The summed E-state index contributed by atoms with van der Waals surface area (Å²) in [5.74, 6) is 0.457. The van der Waals surface area contributed by atoms with Crippen LogP contribution < -0.4 is 0 Å². The van der Waals surface area contributed by atoms with E-state index in [0.29, 0.717) is 17.9 Å². The zero-order chi connectivity index (χ0) is 10.7. The average Bonchev–Trinajstić information content (AvgIpc) is 2.30. The molecule has 3 heteroatoms. The lowest BCUT2D eigenvalue weighted by molar-refractivity contribution is -0.121. The van der Waals surface area contributed by atoms with Gasteiger partial charge >= 0.3 is 0 Å². The summed E-state index contributed by atoms with van der Waals surface area (Å²) in [6, 6.07) is 0.667. The van der Waals surface area contributed by atoms with Crippen LogP contribution in [-0.2, 0) is 9.53 Å². The van der Waals surface area contributed by atoms with Gasteiger partial charge in [-0.25, -0.2) is 0 Å². The molecule has 0 aromatic heterocycles. The molecule has 1 saturated carbocycles. The molecule has 1 aliphatic heterocycles. The minimum Gasteiger partial charge on any atom is -0.381 e. The van der Waals surface area contributed by atoms with E-state index in [1.807, 2.05) is 0 Å². The Balaban J connectivity index is 1.78. The van der Waals surface area contributed by atoms with Crippen LogP contribution in [-0.4, -0.2) is 43.0 Å². The van der Waals surface area contributed by atoms with Crippen LogP contribution in [0, 0.1) is 0 Å². The Morgan fingerprint density at radius 2 is 1.73 bits per heavy atom. The van der Waals surface area contributed by atoms with Gasteiger partial charge in [-0.05, 0) is 25.7 Å². The third-order valence-corrected chi connectivity index (χ3v) is 3.84. The van der Waals surface area contributed by atoms with Crippen molar-refractivity contribution in [3.8, 4) is 0 Å². The van der Waals surface area contributed by atoms with E-state index in [1.165, 1.54) is 0 Å². The first kappa shape index (κ1) is 11.1. The van der Waals surface area contributed by atoms with Crippen LogP contribution in [0.2, 0.25) is 0 Å². The maximum atomic E-state index is 11.2. The summed E-state index contributed by atoms with van der Waals surface area (Å²) >= 11 is 0. The van der Waals surface area contributed by atoms with Gasteiger partial charge in [-0.2, -0.15) is 0 Å². The number of carbonyl (C=O) groups excluding carboxylic acids is 1. The summed E-state index contributed by atoms with van der Waals surface area (Å²) in [6.45, 7) is 2.30. The molecule has 0 bridgehead atoms. The Kier molecular flexibility index (Phi) is 3.76. The molecular weight excluding hydrogens is 190 g/mol. The molecule has 15 heavy (non-hydrogen) atoms. The number of likely N-dealkylation sites (tertiary alicyclic amines) is 1. The van der Waals surface area contributed by atoms with E-state index in [0.717, 1.165) is 51.6 Å². The van der Waals surface area contributed by atoms with Crippen molar-refractivity contribution in [2.75, 3.05) is 20.2 Å². The smallest absolute Gasteiger partial charge is 0.133 e. The maximum Gasteiger partial charge on any atom is 0.133 e. The highest BCUT2D eigenvalue weighted by molar-refractivity contribution is 5.79. The summed E-state index contributed by atoms with van der Waals surface area (Å²) in [6.07, 6.45) is 6.53. The maximum absolute atomic E-state index is 11.2. The molecule has 0 N–H and O–H groups in total. The second kappa shape index (κ2) is 5.08. The van der Waals surface area contributed by atoms with Crippen molar-refractivity contribution in [3.05, 3.63) is 0 Å². The third kappa shape index (κ3) is 2.79. The quantitative estimate of drug-likeness (QED) is 0.695. The lowest BCUT2D eigenvalue weighted by Crippen LogP contribution is -2.44. The van der Waals surface area contributed by atoms with Crippen molar-refractivity contribution in [2.24, 2.45) is 0 Å². The molecule has 1 saturated heterocycles. The summed E-state index contributed by atoms with van der Waals surface area (Å²) in [5.41, 5.74) is 0. The van der Waals surface area contributed by atoms with Gasteiger partial charge in [-0.15, -0.1) is 0 Å². The van der Waals surface area contributed by atoms with E-state index in [9.17, 15) is 4.79 Å². The summed E-state index contributed by atoms with van der Waals surface area (Å²) in [4.78, 5) is 13.7. The monoisotopic (exact) mass is 211 g/mol. The van der Waals surface area contributed by atoms with Crippen LogP contribution in [0.15, 0.2) is 0 Å². The molecule has 2 fully saturated rings. The van der Waals surface area contributed by atoms with E-state index in [1.54, 1.807) is 7.11 Å². The van der Waals surface area contributed by atoms with Gasteiger partial charge < -0.3 is 9.64 Å². The van der Waals surface area contributed by atoms with Crippen molar-refractivity contribution in [1.29, 1.82) is 0 Å². The molecule has 2 aliphatic rings. The highest BCUT2D eigenvalue weighted by Crippen LogP contribution is 2.24. The van der Waals surface area contributed by atoms with Crippen LogP contribution >= 0.6 is 0 Å². The predicted molar refractivity (Wildman–Crippen MR) is 58.9 cm³/mol. The number of ketones is 1. The fourth-order valence-corrected chi connectivity index (χ4v) is 2.77. The molecule has 0 spiro atoms. The Morgan fingerprint density at radius 3 is 2.27 bits per heavy atom. The molecule has 0 aromatic rings. The third-order valence-electron chi connectivity index (χ3n) is 3.84. The standard InChI is InChI=1S/C12H21NO2/c1-15-12-6-8-13(9-7-12)10-2-4-11(14)5-3-10/h10,12H,2-9H2,1H3. The van der Waals surface area contributed by atoms with Crippen LogP contribution in [0.5, 0.6) is 0 Å². The van der Waals surface area contributed by atoms with Crippen molar-refractivity contribution in [1.82, 2.24) is 4.90 Å². The summed E-state index contributed by atoms with van der Waals surface area (Å²) in [5, 5.41) is 0. The lowest BCUT2D eigenvalue weighted by Gasteiger charge is -2.38. The van der Waals surface area contributed by atoms with Crippen LogP contribution in [0.25, 0.3) is 0 Å². The Morgan fingerprint density at radius 1 is 1.13 bits per heavy atom. The number of Topliss-reactive ketones (excluding diaryl/α,β-unsaturated/α-hetero) is 1. The number of hydrogen-bond acceptors (Lipinski definition) is 3. The van der Waals surface area contributed by atoms with Crippen LogP contribution in [0.3, 0.4) is 0 Å². The van der Waals surface area contributed by atoms with Gasteiger partial charge in [0.15, 0.2) is 0 Å². The van der Waals surface area contributed by atoms with E-state index in [-0.39, 0.29) is 0 Å². The zero-order valence-electron chi connectivity index (χ0n) is 9.58. The molecule has 2 rings (SSSR count). The van der Waals surface area contributed by atoms with E-state index in [2.05, 4.69) is 4.90 Å². The van der Waals surface area contributed by atoms with Crippen LogP contribution in [0.1, 0.15) is 38.5 Å². The van der Waals surface area contributed by atoms with Gasteiger partial charge in [-0.3, -0.25) is 4.79 Å². The normalized spacial score (nSPS) is 27.1. The van der Waals surface area contributed by atoms with Gasteiger partial charge in [0.1, 0.15) is 5.78 Å². The number of rotatable bonds is 2. The first-order chi connectivity index (χ1) is 7.29. The molecule has 0 aromatic carbocycles. The molecular formula is C12H21NO2. The highest BCUT2D eigenvalue weighted by Gasteiger charge is 2.27. The first-order valence-electron chi connectivity index (χ1n) is 6.08. The van der Waals surface area contributed by atoms with Gasteiger partial charge in [-0.1, -0.05) is 0 Å². The minimum absolute atomic E-state index is 0.457. The minimum atomic E-state index is 0.457. The summed E-state index contributed by atoms with van der Waals surface area (Å²) in [7, 11) is 1.81. The molecule has 1 aliphatic carbocycles. The van der Waals surface area contributed by atoms with E-state index in [4.69, 9.17) is 4.74 Å². The van der Waals surface area contributed by atoms with Crippen molar-refractivity contribution in [3.63, 3.8) is 0 Å². The number of piperidine rings is 1. The topological polar surface area (TPSA) is 29.5 Å². The second-order valence-electron chi connectivity index (χ2n) is 4.74. The fraction of sp³-hybridized carbons (Fsp3) is 0.917. The number of hydrogen-bond donors (Lipinski definition) is 0. The van der Waals surface area contributed by atoms with E-state index >= 15 is 0 Å². The number of ether oxygens (including phenoxy) is 1. The molecule has 1 heterocycles. The van der Waals surface area contributed by atoms with Crippen LogP contribution in [0.4, 0.5) is 0 Å². The Bertz CT molecular complexity index is 212. The Labute approximate surface area is 91.8 Å². The Hall–Kier alpha value is -0.410. The molecule has 0 atom stereocenters. The average molecular weight is 211 g/mol. The largest absolute Gasteiger partial charge is 0.381 e. The lowest BCUT2D eigenvalue weighted by atomic mass is 9.91. The molecule has 0 radical (unpaired) electrons. The van der Waals surface area contributed by atoms with Gasteiger partial charge in [0.25, 0.3) is 0 Å².